The number of nitrogens with one attached hydrogen (secondary N) is 1. The molecule has 0 aliphatic rings. The van der Waals surface area contributed by atoms with Crippen LogP contribution in [0.15, 0.2) is 95.4 Å². The number of aryl methyl sites for hydroxylation is 1. The van der Waals surface area contributed by atoms with Crippen molar-refractivity contribution in [1.29, 1.82) is 5.26 Å². The number of rotatable bonds is 7. The molecular formula is C28H22N2O5S. The lowest BCUT2D eigenvalue weighted by Gasteiger charge is -2.13. The Hall–Kier alpha value is -4.61. The van der Waals surface area contributed by atoms with Gasteiger partial charge in [0.15, 0.2) is 5.75 Å². The molecule has 0 bridgehead atoms. The third-order valence-electron chi connectivity index (χ3n) is 5.44. The van der Waals surface area contributed by atoms with Crippen molar-refractivity contribution < 1.29 is 22.1 Å². The maximum absolute atomic E-state index is 13.0. The highest BCUT2D eigenvalue weighted by molar-refractivity contribution is 7.87. The molecule has 0 aliphatic heterocycles. The van der Waals surface area contributed by atoms with Crippen LogP contribution in [-0.2, 0) is 14.9 Å². The Morgan fingerprint density at radius 2 is 1.64 bits per heavy atom. The molecule has 180 valence electrons. The molecular weight excluding hydrogens is 476 g/mol. The molecule has 0 aliphatic carbocycles. The van der Waals surface area contributed by atoms with E-state index in [1.54, 1.807) is 54.6 Å². The van der Waals surface area contributed by atoms with E-state index in [1.807, 2.05) is 25.1 Å². The summed E-state index contributed by atoms with van der Waals surface area (Å²) < 4.78 is 36.6. The first-order valence-corrected chi connectivity index (χ1v) is 12.3. The van der Waals surface area contributed by atoms with Gasteiger partial charge in [0, 0.05) is 11.3 Å². The number of fused-ring (bicyclic) bond motifs is 1. The van der Waals surface area contributed by atoms with Gasteiger partial charge in [-0.05, 0) is 66.2 Å². The van der Waals surface area contributed by atoms with Crippen molar-refractivity contribution in [3.05, 3.63) is 102 Å². The number of amides is 1. The number of carbonyl (C=O) groups is 1. The van der Waals surface area contributed by atoms with Crippen LogP contribution in [0.5, 0.6) is 11.5 Å². The number of ether oxygens (including phenoxy) is 1. The Bertz CT molecular complexity index is 1600. The van der Waals surface area contributed by atoms with Crippen molar-refractivity contribution in [2.45, 2.75) is 11.8 Å². The summed E-state index contributed by atoms with van der Waals surface area (Å²) in [5.74, 6) is -0.0291. The Labute approximate surface area is 209 Å². The molecule has 36 heavy (non-hydrogen) atoms. The van der Waals surface area contributed by atoms with Gasteiger partial charge in [0.25, 0.3) is 5.91 Å². The van der Waals surface area contributed by atoms with E-state index in [9.17, 15) is 18.5 Å². The average molecular weight is 499 g/mol. The second kappa shape index (κ2) is 10.3. The van der Waals surface area contributed by atoms with Crippen LogP contribution < -0.4 is 14.2 Å². The number of nitriles is 1. The largest absolute Gasteiger partial charge is 0.497 e. The second-order valence-corrected chi connectivity index (χ2v) is 9.45. The maximum atomic E-state index is 13.0. The van der Waals surface area contributed by atoms with Crippen molar-refractivity contribution >= 4 is 38.6 Å². The van der Waals surface area contributed by atoms with Gasteiger partial charge >= 0.3 is 10.1 Å². The fraction of sp³-hybridized carbons (Fsp3) is 0.0714. The summed E-state index contributed by atoms with van der Waals surface area (Å²) in [6.45, 7) is 1.85. The predicted octanol–water partition coefficient (Wildman–Crippen LogP) is 5.47. The summed E-state index contributed by atoms with van der Waals surface area (Å²) in [4.78, 5) is 12.9. The summed E-state index contributed by atoms with van der Waals surface area (Å²) in [5.41, 5.74) is 1.45. The van der Waals surface area contributed by atoms with Crippen LogP contribution in [0.4, 0.5) is 5.69 Å². The lowest BCUT2D eigenvalue weighted by molar-refractivity contribution is -0.112. The maximum Gasteiger partial charge on any atom is 0.339 e. The van der Waals surface area contributed by atoms with Crippen LogP contribution in [0.25, 0.3) is 16.8 Å². The summed E-state index contributed by atoms with van der Waals surface area (Å²) in [5, 5.41) is 13.8. The Kier molecular flexibility index (Phi) is 7.04. The monoisotopic (exact) mass is 498 g/mol. The SMILES string of the molecule is COc1ccc(NC(=O)/C(C#N)=C/c2c(OS(=O)(=O)c3ccc(C)cc3)ccc3ccccc23)cc1. The number of carbonyl (C=O) groups excluding carboxylic acids is 1. The molecule has 0 fully saturated rings. The minimum Gasteiger partial charge on any atom is -0.497 e. The molecule has 0 radical (unpaired) electrons. The fourth-order valence-electron chi connectivity index (χ4n) is 3.53. The number of hydrogen-bond donors (Lipinski definition) is 1. The Balaban J connectivity index is 1.75. The molecule has 7 nitrogen and oxygen atoms in total. The minimum absolute atomic E-state index is 0.000674. The first kappa shape index (κ1) is 24.5. The van der Waals surface area contributed by atoms with Gasteiger partial charge < -0.3 is 14.2 Å². The first-order valence-electron chi connectivity index (χ1n) is 10.9. The summed E-state index contributed by atoms with van der Waals surface area (Å²) in [6, 6.07) is 25.3. The topological polar surface area (TPSA) is 105 Å². The molecule has 0 saturated heterocycles. The smallest absolute Gasteiger partial charge is 0.339 e. The third-order valence-corrected chi connectivity index (χ3v) is 6.69. The van der Waals surface area contributed by atoms with Crippen LogP contribution >= 0.6 is 0 Å². The van der Waals surface area contributed by atoms with E-state index in [0.717, 1.165) is 10.9 Å². The van der Waals surface area contributed by atoms with Crippen LogP contribution in [0.3, 0.4) is 0 Å². The first-order chi connectivity index (χ1) is 17.3. The number of anilines is 1. The van der Waals surface area contributed by atoms with E-state index in [2.05, 4.69) is 5.32 Å². The minimum atomic E-state index is -4.16. The van der Waals surface area contributed by atoms with E-state index in [0.29, 0.717) is 22.4 Å². The molecule has 0 heterocycles. The zero-order valence-electron chi connectivity index (χ0n) is 19.6. The van der Waals surface area contributed by atoms with Gasteiger partial charge in [-0.3, -0.25) is 4.79 Å². The van der Waals surface area contributed by atoms with Gasteiger partial charge in [-0.25, -0.2) is 0 Å². The van der Waals surface area contributed by atoms with E-state index in [4.69, 9.17) is 8.92 Å². The van der Waals surface area contributed by atoms with Crippen molar-refractivity contribution in [2.75, 3.05) is 12.4 Å². The zero-order chi connectivity index (χ0) is 25.7. The lowest BCUT2D eigenvalue weighted by atomic mass is 10.0. The van der Waals surface area contributed by atoms with Crippen molar-refractivity contribution in [1.82, 2.24) is 0 Å². The molecule has 1 N–H and O–H groups in total. The van der Waals surface area contributed by atoms with Gasteiger partial charge in [-0.1, -0.05) is 48.0 Å². The Morgan fingerprint density at radius 3 is 2.31 bits per heavy atom. The number of benzene rings is 4. The average Bonchev–Trinajstić information content (AvgIpc) is 2.88. The highest BCUT2D eigenvalue weighted by atomic mass is 32.2. The van der Waals surface area contributed by atoms with E-state index in [-0.39, 0.29) is 16.2 Å². The lowest BCUT2D eigenvalue weighted by Crippen LogP contribution is -2.14. The molecule has 1 amide bonds. The van der Waals surface area contributed by atoms with Crippen molar-refractivity contribution in [3.63, 3.8) is 0 Å². The standard InChI is InChI=1S/C28H22N2O5S/c1-19-7-14-24(15-8-19)36(32,33)35-27-16-9-20-5-3-4-6-25(20)26(27)17-21(18-29)28(31)30-22-10-12-23(34-2)13-11-22/h3-17H,1-2H3,(H,30,31)/b21-17+. The van der Waals surface area contributed by atoms with Gasteiger partial charge in [0.2, 0.25) is 0 Å². The number of methoxy groups -OCH3 is 1. The van der Waals surface area contributed by atoms with E-state index < -0.39 is 16.0 Å². The summed E-state index contributed by atoms with van der Waals surface area (Å²) >= 11 is 0. The molecule has 0 atom stereocenters. The van der Waals surface area contributed by atoms with Crippen LogP contribution in [0.1, 0.15) is 11.1 Å². The molecule has 0 aromatic heterocycles. The van der Waals surface area contributed by atoms with Gasteiger partial charge in [0.05, 0.1) is 7.11 Å². The molecule has 4 aromatic carbocycles. The third kappa shape index (κ3) is 5.37. The van der Waals surface area contributed by atoms with Crippen molar-refractivity contribution in [2.24, 2.45) is 0 Å². The summed E-state index contributed by atoms with van der Waals surface area (Å²) in [6.07, 6.45) is 1.33. The molecule has 0 spiro atoms. The molecule has 0 unspecified atom stereocenters. The number of nitrogens with zero attached hydrogens (tertiary/aromatic N) is 1. The second-order valence-electron chi connectivity index (χ2n) is 7.90. The van der Waals surface area contributed by atoms with Crippen molar-refractivity contribution in [3.8, 4) is 17.6 Å². The number of hydrogen-bond acceptors (Lipinski definition) is 6. The van der Waals surface area contributed by atoms with Crippen LogP contribution in [-0.4, -0.2) is 21.4 Å². The van der Waals surface area contributed by atoms with Crippen LogP contribution in [0.2, 0.25) is 0 Å². The molecule has 8 heteroatoms. The highest BCUT2D eigenvalue weighted by Gasteiger charge is 2.20. The molecule has 4 aromatic rings. The Morgan fingerprint density at radius 1 is 0.944 bits per heavy atom. The molecule has 0 saturated carbocycles. The highest BCUT2D eigenvalue weighted by Crippen LogP contribution is 2.32. The van der Waals surface area contributed by atoms with Gasteiger partial charge in [-0.2, -0.15) is 13.7 Å². The van der Waals surface area contributed by atoms with Crippen LogP contribution in [0, 0.1) is 18.3 Å². The fourth-order valence-corrected chi connectivity index (χ4v) is 4.48. The van der Waals surface area contributed by atoms with Gasteiger partial charge in [-0.15, -0.1) is 0 Å². The van der Waals surface area contributed by atoms with E-state index in [1.165, 1.54) is 31.4 Å². The molecule has 4 rings (SSSR count). The normalized spacial score (nSPS) is 11.5. The van der Waals surface area contributed by atoms with Gasteiger partial charge in [0.1, 0.15) is 22.3 Å². The predicted molar refractivity (Wildman–Crippen MR) is 138 cm³/mol. The van der Waals surface area contributed by atoms with E-state index >= 15 is 0 Å². The quantitative estimate of drug-likeness (QED) is 0.206. The summed E-state index contributed by atoms with van der Waals surface area (Å²) in [7, 11) is -2.63. The zero-order valence-corrected chi connectivity index (χ0v) is 20.4.